The molecule has 0 aliphatic heterocycles. The highest BCUT2D eigenvalue weighted by atomic mass is 16.4. The zero-order valence-electron chi connectivity index (χ0n) is 67.1. The lowest BCUT2D eigenvalue weighted by Gasteiger charge is -2.25. The van der Waals surface area contributed by atoms with Crippen LogP contribution in [0.15, 0.2) is 8.83 Å². The molecule has 720 valence electrons. The number of phenolic OH excluding ortho intramolecular Hbond substituents is 52. The van der Waals surface area contributed by atoms with Crippen LogP contribution in [0.5, 0.6) is 299 Å². The van der Waals surface area contributed by atoms with Crippen LogP contribution in [0.4, 0.5) is 0 Å². The molecule has 0 amide bonds. The van der Waals surface area contributed by atoms with Gasteiger partial charge in [0.05, 0.1) is 54.2 Å². The minimum atomic E-state index is -1.90. The Morgan fingerprint density at radius 2 is 0.186 bits per heavy atom. The van der Waals surface area contributed by atoms with Crippen molar-refractivity contribution in [2.45, 2.75) is 0 Å². The second-order valence-corrected chi connectivity index (χ2v) is 30.9. The Balaban J connectivity index is 0.000000187. The number of benzene rings is 17. The molecule has 0 saturated carbocycles. The summed E-state index contributed by atoms with van der Waals surface area (Å²) in [6, 6.07) is 0. The van der Waals surface area contributed by atoms with Gasteiger partial charge in [-0.1, -0.05) is 0 Å². The molecule has 54 nitrogen and oxygen atoms in total. The molecule has 0 aliphatic rings. The number of rotatable bonds is 5. The van der Waals surface area contributed by atoms with E-state index < -0.39 is 485 Å². The Morgan fingerprint density at radius 1 is 0.0643 bits per heavy atom. The van der Waals surface area contributed by atoms with Crippen LogP contribution in [0.2, 0.25) is 0 Å². The van der Waals surface area contributed by atoms with E-state index in [9.17, 15) is 266 Å². The smallest absolute Gasteiger partial charge is 0.208 e. The summed E-state index contributed by atoms with van der Waals surface area (Å²) in [4.78, 5) is 0. The van der Waals surface area contributed by atoms with Crippen molar-refractivity contribution < 1.29 is 274 Å². The zero-order valence-corrected chi connectivity index (χ0v) is 67.1. The third-order valence-electron chi connectivity index (χ3n) is 24.1. The summed E-state index contributed by atoms with van der Waals surface area (Å²) in [7, 11) is 0. The molecule has 0 atom stereocenters. The van der Waals surface area contributed by atoms with Crippen molar-refractivity contribution in [3.05, 3.63) is 0 Å². The van der Waals surface area contributed by atoms with E-state index in [1.807, 2.05) is 0 Å². The molecule has 2 heterocycles. The van der Waals surface area contributed by atoms with E-state index in [0.717, 1.165) is 0 Å². The second kappa shape index (κ2) is 27.8. The Hall–Kier alpha value is -22.0. The second-order valence-electron chi connectivity index (χ2n) is 30.9. The molecule has 0 radical (unpaired) electrons. The first-order valence-electron chi connectivity index (χ1n) is 37.7. The third kappa shape index (κ3) is 10.1. The van der Waals surface area contributed by atoms with E-state index in [-0.39, 0.29) is 0 Å². The zero-order chi connectivity index (χ0) is 103. The van der Waals surface area contributed by atoms with Gasteiger partial charge in [-0.05, 0) is 0 Å². The summed E-state index contributed by atoms with van der Waals surface area (Å²) in [5.41, 5.74) is -19.1. The fraction of sp³-hybridized carbons (Fsp3) is 0. The van der Waals surface area contributed by atoms with E-state index >= 15 is 0 Å². The molecule has 52 N–H and O–H groups in total. The monoisotopic (exact) mass is 1950 g/mol. The summed E-state index contributed by atoms with van der Waals surface area (Å²) in [5.74, 6) is -86.5. The largest absolute Gasteiger partial charge is 0.506 e. The minimum Gasteiger partial charge on any atom is -0.506 e. The maximum atomic E-state index is 12.5. The molecule has 19 aromatic rings. The van der Waals surface area contributed by atoms with E-state index in [0.29, 0.717) is 0 Å². The molecule has 0 spiro atoms. The molecule has 0 bridgehead atoms. The van der Waals surface area contributed by atoms with Gasteiger partial charge in [-0.15, -0.1) is 0 Å². The highest BCUT2D eigenvalue weighted by Crippen LogP contribution is 2.75. The van der Waals surface area contributed by atoms with Crippen molar-refractivity contribution >= 4 is 130 Å². The first-order valence-corrected chi connectivity index (χ1v) is 37.7. The van der Waals surface area contributed by atoms with Crippen molar-refractivity contribution in [2.75, 3.05) is 0 Å². The van der Waals surface area contributed by atoms with Crippen LogP contribution in [-0.4, -0.2) is 266 Å². The predicted octanol–water partition coefficient (Wildman–Crippen LogP) is 9.42. The Bertz CT molecular complexity index is 9100. The number of fused-ring (bicyclic) bond motifs is 14. The summed E-state index contributed by atoms with van der Waals surface area (Å²) >= 11 is 0. The molecular formula is C86H52O54. The van der Waals surface area contributed by atoms with Gasteiger partial charge in [0, 0.05) is 109 Å². The average molecular weight is 1950 g/mol. The van der Waals surface area contributed by atoms with Gasteiger partial charge in [0.2, 0.25) is 138 Å². The number of hydrogen-bond acceptors (Lipinski definition) is 54. The van der Waals surface area contributed by atoms with Gasteiger partial charge in [-0.2, -0.15) is 0 Å². The van der Waals surface area contributed by atoms with Gasteiger partial charge < -0.3 is 274 Å². The minimum absolute atomic E-state index is 1.04. The van der Waals surface area contributed by atoms with Gasteiger partial charge in [0.15, 0.2) is 160 Å². The van der Waals surface area contributed by atoms with Crippen molar-refractivity contribution in [1.82, 2.24) is 0 Å². The lowest BCUT2D eigenvalue weighted by molar-refractivity contribution is 0.329. The summed E-state index contributed by atoms with van der Waals surface area (Å²) in [6.07, 6.45) is 0. The molecule has 0 unspecified atom stereocenters. The highest BCUT2D eigenvalue weighted by Gasteiger charge is 2.46. The van der Waals surface area contributed by atoms with Crippen LogP contribution >= 0.6 is 0 Å². The Labute approximate surface area is 756 Å². The summed E-state index contributed by atoms with van der Waals surface area (Å²) < 4.78 is 11.1. The average Bonchev–Trinajstić information content (AvgIpc) is 1.05. The van der Waals surface area contributed by atoms with Gasteiger partial charge >= 0.3 is 0 Å². The lowest BCUT2D eigenvalue weighted by atomic mass is 9.80. The van der Waals surface area contributed by atoms with E-state index in [1.165, 1.54) is 0 Å². The normalized spacial score (nSPS) is 11.9. The predicted molar refractivity (Wildman–Crippen MR) is 461 cm³/mol. The molecule has 140 heavy (non-hydrogen) atoms. The van der Waals surface area contributed by atoms with Crippen molar-refractivity contribution in [3.63, 3.8) is 0 Å². The highest BCUT2D eigenvalue weighted by molar-refractivity contribution is 6.39. The summed E-state index contributed by atoms with van der Waals surface area (Å²) in [5, 5.41) is 557. The number of phenols is 52. The van der Waals surface area contributed by atoms with Crippen molar-refractivity contribution in [3.8, 4) is 355 Å². The summed E-state index contributed by atoms with van der Waals surface area (Å²) in [6.45, 7) is 0. The van der Waals surface area contributed by atoms with Gasteiger partial charge in [-0.25, -0.2) is 0 Å². The van der Waals surface area contributed by atoms with Crippen LogP contribution in [0.1, 0.15) is 0 Å². The SMILES string of the molecule is Oc1c(O)c(-c2c3c(O)c(O)c(O)c(O)c3c(-c3c(O)c(O)c(O)c4c(O)c(O)c(O)c(O)c34)c3c(O)c(O)c(O)c(O)c23)c2c(oc3c(O)c4c(O)c(O)c(O)c(O)c4c(O)c32)c1O.Oc1c(O)c(O)c(-c2c(O)c(-c3c4c(O)c(O)c(O)c(O)c4c(-c4c(O)c(O)c(O)c5oc6c(O)c7c(O)c(O)c(O)c(O)c7c(O)c6c45)c4c(O)c(O)c(O)c(O)c34)c(O)c3c(O)c(O)c(O)c(O)c23)c(O)c1O. The topological polar surface area (TPSA) is 1080 Å². The van der Waals surface area contributed by atoms with Crippen LogP contribution in [0.3, 0.4) is 0 Å². The standard InChI is InChI=1S/C46H28O29.C40H24O25/c47-17-8(13-27(57)40(70)43(73)41(71)28(13)58)9-12(26(56)37(67)36(66)25(9)55)18(48)11(17)2-5-3(20(50)32(62)34(64)22(5)52)1(4-6(2)23(53)35(65)33(63)21(4)51)7-10-16-19(49)14-15(30(60)39(69)38(68)29(14)59)31(61)46(16)75-45(10)44(74)42(72)24(7)54;41-15-12-13(26(52)36(62)35(61)25(12)51)27(53)40-14(15)10-8(21(47)37(63)38(64)39(10)65-40)2-5-3(17(43)29(55)31(57)19(5)45)1(4-6(2)20(46)32(58)30(56)18(4)44)7-9-11(23(49)28(54)16(7)42)24(50)34(60)33(59)22(9)48/h47-74H;41-64H. The van der Waals surface area contributed by atoms with Crippen molar-refractivity contribution in [2.24, 2.45) is 0 Å². The molecule has 0 aliphatic carbocycles. The van der Waals surface area contributed by atoms with E-state index in [2.05, 4.69) is 0 Å². The van der Waals surface area contributed by atoms with Crippen molar-refractivity contribution in [1.29, 1.82) is 0 Å². The maximum Gasteiger partial charge on any atom is 0.208 e. The van der Waals surface area contributed by atoms with E-state index in [1.54, 1.807) is 0 Å². The fourth-order valence-electron chi connectivity index (χ4n) is 17.8. The van der Waals surface area contributed by atoms with E-state index in [4.69, 9.17) is 8.83 Å². The first kappa shape index (κ1) is 88.7. The number of hydrogen-bond donors (Lipinski definition) is 52. The fourth-order valence-corrected chi connectivity index (χ4v) is 17.8. The molecule has 0 fully saturated rings. The number of furan rings is 2. The lowest BCUT2D eigenvalue weighted by Crippen LogP contribution is -1.98. The Kier molecular flexibility index (Phi) is 17.6. The van der Waals surface area contributed by atoms with Crippen LogP contribution in [0.25, 0.3) is 186 Å². The molecule has 17 aromatic carbocycles. The van der Waals surface area contributed by atoms with Crippen LogP contribution in [0, 0.1) is 0 Å². The van der Waals surface area contributed by atoms with Gasteiger partial charge in [-0.3, -0.25) is 0 Å². The molecule has 2 aromatic heterocycles. The molecule has 0 saturated heterocycles. The van der Waals surface area contributed by atoms with Crippen LogP contribution in [-0.2, 0) is 0 Å². The number of aromatic hydroxyl groups is 52. The Morgan fingerprint density at radius 3 is 0.414 bits per heavy atom. The van der Waals surface area contributed by atoms with Crippen LogP contribution < -0.4 is 0 Å². The van der Waals surface area contributed by atoms with Gasteiger partial charge in [0.1, 0.15) is 23.0 Å². The van der Waals surface area contributed by atoms with Gasteiger partial charge in [0.25, 0.3) is 0 Å². The molecular weight excluding hydrogens is 1900 g/mol. The maximum absolute atomic E-state index is 12.5. The first-order chi connectivity index (χ1) is 65.3. The third-order valence-corrected chi connectivity index (χ3v) is 24.1. The molecule has 54 heteroatoms. The molecule has 19 rings (SSSR count). The quantitative estimate of drug-likeness (QED) is 0.0433.